The van der Waals surface area contributed by atoms with E-state index in [9.17, 15) is 4.79 Å². The molecular weight excluding hydrogens is 510 g/mol. The molecule has 4 aromatic rings. The fraction of sp³-hybridized carbons (Fsp3) is 0.357. The second-order valence-electron chi connectivity index (χ2n) is 9.43. The predicted octanol–water partition coefficient (Wildman–Crippen LogP) is 4.23. The lowest BCUT2D eigenvalue weighted by Gasteiger charge is -2.17. The van der Waals surface area contributed by atoms with Gasteiger partial charge in [0.05, 0.1) is 42.0 Å². The summed E-state index contributed by atoms with van der Waals surface area (Å²) in [5.74, 6) is 2.53. The number of likely N-dealkylation sites (N-methyl/N-ethyl adjacent to an activating group) is 1. The summed E-state index contributed by atoms with van der Waals surface area (Å²) in [5.41, 5.74) is 2.42. The van der Waals surface area contributed by atoms with Crippen LogP contribution < -0.4 is 20.1 Å². The maximum atomic E-state index is 12.8. The Labute approximate surface area is 232 Å². The van der Waals surface area contributed by atoms with Crippen LogP contribution in [-0.4, -0.2) is 73.2 Å². The van der Waals surface area contributed by atoms with Crippen LogP contribution in [0.15, 0.2) is 49.2 Å². The maximum Gasteiger partial charge on any atom is 0.232 e. The highest BCUT2D eigenvalue weighted by molar-refractivity contribution is 6.02. The van der Waals surface area contributed by atoms with Crippen LogP contribution in [0.3, 0.4) is 0 Å². The lowest BCUT2D eigenvalue weighted by atomic mass is 10.1. The first-order valence-electron chi connectivity index (χ1n) is 13.3. The van der Waals surface area contributed by atoms with E-state index in [1.165, 1.54) is 0 Å². The van der Waals surface area contributed by atoms with Crippen LogP contribution in [0, 0.1) is 0 Å². The minimum atomic E-state index is -0.0436. The van der Waals surface area contributed by atoms with Gasteiger partial charge in [0.2, 0.25) is 5.88 Å². The Morgan fingerprint density at radius 1 is 1.05 bits per heavy atom. The number of Topliss-reactive ketones (excluding diaryl/α,β-unsaturated/α-hetero) is 1. The fourth-order valence-corrected chi connectivity index (χ4v) is 4.60. The first kappa shape index (κ1) is 27.0. The van der Waals surface area contributed by atoms with Crippen molar-refractivity contribution in [3.8, 4) is 23.0 Å². The van der Waals surface area contributed by atoms with Gasteiger partial charge in [-0.15, -0.1) is 0 Å². The van der Waals surface area contributed by atoms with Gasteiger partial charge in [-0.25, -0.2) is 19.9 Å². The Bertz CT molecular complexity index is 1470. The van der Waals surface area contributed by atoms with Crippen molar-refractivity contribution in [2.45, 2.75) is 32.8 Å². The molecule has 0 radical (unpaired) electrons. The largest absolute Gasteiger partial charge is 0.494 e. The lowest BCUT2D eigenvalue weighted by molar-refractivity contribution is 0.0988. The van der Waals surface area contributed by atoms with Crippen molar-refractivity contribution in [3.05, 3.63) is 54.7 Å². The number of likely N-dealkylation sites (tertiary alicyclic amines) is 1. The van der Waals surface area contributed by atoms with Crippen molar-refractivity contribution in [1.82, 2.24) is 34.6 Å². The summed E-state index contributed by atoms with van der Waals surface area (Å²) >= 11 is 0. The number of ether oxygens (including phenoxy) is 2. The number of benzene rings is 1. The summed E-state index contributed by atoms with van der Waals surface area (Å²) in [6, 6.07) is 7.39. The molecule has 0 unspecified atom stereocenters. The van der Waals surface area contributed by atoms with E-state index in [0.29, 0.717) is 52.4 Å². The van der Waals surface area contributed by atoms with Gasteiger partial charge < -0.3 is 20.1 Å². The number of nitrogens with one attached hydrogen (secondary N) is 2. The average Bonchev–Trinajstić information content (AvgIpc) is 3.62. The Kier molecular flexibility index (Phi) is 8.15. The normalized spacial score (nSPS) is 15.2. The SMILES string of the molecule is CCC(=O)c1cnc(Nc2cnc(O[C@@H]3CCN(CC)C3)cn2)cc1Nc1cccc(-c2ncn(C)n2)c1OC. The van der Waals surface area contributed by atoms with Gasteiger partial charge >= 0.3 is 0 Å². The van der Waals surface area contributed by atoms with Crippen LogP contribution in [0.5, 0.6) is 11.6 Å². The molecule has 4 heterocycles. The van der Waals surface area contributed by atoms with Crippen LogP contribution in [-0.2, 0) is 7.05 Å². The van der Waals surface area contributed by atoms with Gasteiger partial charge in [0.25, 0.3) is 0 Å². The Hall–Kier alpha value is -4.58. The van der Waals surface area contributed by atoms with Crippen LogP contribution >= 0.6 is 0 Å². The summed E-state index contributed by atoms with van der Waals surface area (Å²) in [5, 5.41) is 10.9. The molecule has 1 atom stereocenters. The molecule has 12 nitrogen and oxygen atoms in total. The molecule has 0 aliphatic carbocycles. The number of nitrogens with zero attached hydrogens (tertiary/aromatic N) is 7. The van der Waals surface area contributed by atoms with Gasteiger partial charge in [0.15, 0.2) is 17.4 Å². The molecule has 1 aromatic carbocycles. The quantitative estimate of drug-likeness (QED) is 0.263. The molecule has 2 N–H and O–H groups in total. The standard InChI is InChI=1S/C28H33N9O3/c1-5-23(38)20-13-29-24(34-25-14-31-26(15-30-25)40-18-10-11-37(6-2)16-18)12-22(20)33-21-9-7-8-19(27(21)39-4)28-32-17-36(3)35-28/h7-9,12-15,17-18H,5-6,10-11,16H2,1-4H3,(H2,29,30,33,34)/t18-/m1/s1. The minimum Gasteiger partial charge on any atom is -0.494 e. The van der Waals surface area contributed by atoms with E-state index >= 15 is 0 Å². The molecule has 0 saturated carbocycles. The van der Waals surface area contributed by atoms with E-state index in [-0.39, 0.29) is 11.9 Å². The lowest BCUT2D eigenvalue weighted by Crippen LogP contribution is -2.24. The highest BCUT2D eigenvalue weighted by Gasteiger charge is 2.23. The van der Waals surface area contributed by atoms with Crippen LogP contribution in [0.1, 0.15) is 37.0 Å². The van der Waals surface area contributed by atoms with Crippen molar-refractivity contribution in [2.75, 3.05) is 37.4 Å². The molecule has 5 rings (SSSR count). The fourth-order valence-electron chi connectivity index (χ4n) is 4.60. The molecule has 1 aliphatic heterocycles. The van der Waals surface area contributed by atoms with E-state index in [2.05, 4.69) is 47.5 Å². The number of para-hydroxylation sites is 1. The number of ketones is 1. The number of anilines is 4. The first-order valence-corrected chi connectivity index (χ1v) is 13.3. The molecule has 1 saturated heterocycles. The number of pyridine rings is 1. The van der Waals surface area contributed by atoms with Gasteiger partial charge in [-0.2, -0.15) is 5.10 Å². The van der Waals surface area contributed by atoms with Gasteiger partial charge in [-0.3, -0.25) is 14.4 Å². The summed E-state index contributed by atoms with van der Waals surface area (Å²) in [7, 11) is 3.39. The molecule has 208 valence electrons. The van der Waals surface area contributed by atoms with Crippen molar-refractivity contribution in [2.24, 2.45) is 7.05 Å². The number of hydrogen-bond acceptors (Lipinski definition) is 11. The molecule has 0 bridgehead atoms. The molecule has 12 heteroatoms. The molecular formula is C28H33N9O3. The van der Waals surface area contributed by atoms with Crippen LogP contribution in [0.2, 0.25) is 0 Å². The van der Waals surface area contributed by atoms with E-state index < -0.39 is 0 Å². The third-order valence-corrected chi connectivity index (χ3v) is 6.70. The van der Waals surface area contributed by atoms with E-state index in [1.807, 2.05) is 25.1 Å². The van der Waals surface area contributed by atoms with Gasteiger partial charge in [-0.1, -0.05) is 19.9 Å². The zero-order valence-electron chi connectivity index (χ0n) is 23.1. The van der Waals surface area contributed by atoms with Crippen molar-refractivity contribution >= 4 is 28.8 Å². The highest BCUT2D eigenvalue weighted by Crippen LogP contribution is 2.37. The number of aryl methyl sites for hydroxylation is 1. The number of aromatic nitrogens is 6. The maximum absolute atomic E-state index is 12.8. The molecule has 0 amide bonds. The van der Waals surface area contributed by atoms with Crippen LogP contribution in [0.25, 0.3) is 11.4 Å². The van der Waals surface area contributed by atoms with Crippen LogP contribution in [0.4, 0.5) is 23.0 Å². The predicted molar refractivity (Wildman–Crippen MR) is 152 cm³/mol. The van der Waals surface area contributed by atoms with E-state index in [0.717, 1.165) is 31.6 Å². The Morgan fingerprint density at radius 3 is 2.58 bits per heavy atom. The van der Waals surface area contributed by atoms with Crippen molar-refractivity contribution < 1.29 is 14.3 Å². The summed E-state index contributed by atoms with van der Waals surface area (Å²) in [4.78, 5) is 32.8. The minimum absolute atomic E-state index is 0.0436. The third-order valence-electron chi connectivity index (χ3n) is 6.70. The van der Waals surface area contributed by atoms with Crippen molar-refractivity contribution in [1.29, 1.82) is 0 Å². The average molecular weight is 544 g/mol. The monoisotopic (exact) mass is 543 g/mol. The summed E-state index contributed by atoms with van der Waals surface area (Å²) in [6.07, 6.45) is 7.82. The molecule has 3 aromatic heterocycles. The molecule has 1 aliphatic rings. The first-order chi connectivity index (χ1) is 19.5. The zero-order chi connectivity index (χ0) is 28.1. The smallest absolute Gasteiger partial charge is 0.232 e. The van der Waals surface area contributed by atoms with Gasteiger partial charge in [-0.05, 0) is 25.1 Å². The number of methoxy groups -OCH3 is 1. The summed E-state index contributed by atoms with van der Waals surface area (Å²) in [6.45, 7) is 6.91. The second-order valence-corrected chi connectivity index (χ2v) is 9.43. The summed E-state index contributed by atoms with van der Waals surface area (Å²) < 4.78 is 13.4. The van der Waals surface area contributed by atoms with E-state index in [4.69, 9.17) is 9.47 Å². The highest BCUT2D eigenvalue weighted by atomic mass is 16.5. The Balaban J connectivity index is 1.37. The number of hydrogen-bond donors (Lipinski definition) is 2. The third kappa shape index (κ3) is 6.01. The zero-order valence-corrected chi connectivity index (χ0v) is 23.1. The second kappa shape index (κ2) is 12.1. The van der Waals surface area contributed by atoms with Crippen molar-refractivity contribution in [3.63, 3.8) is 0 Å². The molecule has 0 spiro atoms. The molecule has 40 heavy (non-hydrogen) atoms. The number of rotatable bonds is 11. The topological polar surface area (TPSA) is 132 Å². The van der Waals surface area contributed by atoms with E-state index in [1.54, 1.807) is 49.8 Å². The molecule has 1 fully saturated rings. The number of carbonyl (C=O) groups excluding carboxylic acids is 1. The van der Waals surface area contributed by atoms with Gasteiger partial charge in [0, 0.05) is 38.8 Å². The Morgan fingerprint density at radius 2 is 1.90 bits per heavy atom. The number of carbonyl (C=O) groups is 1. The van der Waals surface area contributed by atoms with Gasteiger partial charge in [0.1, 0.15) is 24.1 Å².